The number of carbonyl (C=O) groups excluding carboxylic acids is 2. The van der Waals surface area contributed by atoms with Crippen molar-refractivity contribution in [2.75, 3.05) is 6.61 Å². The van der Waals surface area contributed by atoms with E-state index in [-0.39, 0.29) is 10.0 Å². The number of nitro groups is 2. The molecule has 0 heterocycles. The monoisotopic (exact) mass is 442 g/mol. The fourth-order valence-corrected chi connectivity index (χ4v) is 2.56. The van der Waals surface area contributed by atoms with Gasteiger partial charge in [0.25, 0.3) is 11.4 Å². The van der Waals surface area contributed by atoms with Gasteiger partial charge in [0.1, 0.15) is 0 Å². The lowest BCUT2D eigenvalue weighted by Crippen LogP contribution is -2.14. The Morgan fingerprint density at radius 1 is 1.00 bits per heavy atom. The molecule has 0 spiro atoms. The number of Topliss-reactive ketones (excluding diaryl/α,β-unsaturated/α-hetero) is 1. The molecular formula is C15H8BrClN2O7. The van der Waals surface area contributed by atoms with Crippen LogP contribution >= 0.6 is 27.5 Å². The first-order chi connectivity index (χ1) is 12.2. The predicted octanol–water partition coefficient (Wildman–Crippen LogP) is 3.96. The summed E-state index contributed by atoms with van der Waals surface area (Å²) in [7, 11) is 0. The number of hydrogen-bond acceptors (Lipinski definition) is 7. The van der Waals surface area contributed by atoms with E-state index in [2.05, 4.69) is 15.9 Å². The molecule has 9 nitrogen and oxygen atoms in total. The van der Waals surface area contributed by atoms with Gasteiger partial charge in [0.2, 0.25) is 0 Å². The van der Waals surface area contributed by atoms with E-state index in [1.54, 1.807) is 0 Å². The third-order valence-electron chi connectivity index (χ3n) is 3.16. The van der Waals surface area contributed by atoms with E-state index in [9.17, 15) is 29.8 Å². The molecule has 0 unspecified atom stereocenters. The highest BCUT2D eigenvalue weighted by Crippen LogP contribution is 2.35. The molecule has 0 aliphatic rings. The summed E-state index contributed by atoms with van der Waals surface area (Å²) >= 11 is 8.47. The molecule has 2 aromatic carbocycles. The van der Waals surface area contributed by atoms with Crippen LogP contribution in [-0.2, 0) is 4.74 Å². The normalized spacial score (nSPS) is 10.2. The summed E-state index contributed by atoms with van der Waals surface area (Å²) in [4.78, 5) is 44.2. The molecule has 11 heteroatoms. The van der Waals surface area contributed by atoms with Crippen molar-refractivity contribution < 1.29 is 24.2 Å². The highest BCUT2D eigenvalue weighted by molar-refractivity contribution is 9.10. The number of carbonyl (C=O) groups is 2. The molecule has 0 aliphatic heterocycles. The topological polar surface area (TPSA) is 130 Å². The zero-order chi connectivity index (χ0) is 19.4. The van der Waals surface area contributed by atoms with E-state index in [4.69, 9.17) is 16.3 Å². The number of halogens is 2. The number of rotatable bonds is 6. The minimum atomic E-state index is -1.11. The van der Waals surface area contributed by atoms with E-state index in [1.165, 1.54) is 24.3 Å². The second-order valence-electron chi connectivity index (χ2n) is 4.85. The number of hydrogen-bond donors (Lipinski definition) is 0. The van der Waals surface area contributed by atoms with Gasteiger partial charge in [-0.3, -0.25) is 25.0 Å². The summed E-state index contributed by atoms with van der Waals surface area (Å²) < 4.78 is 4.43. The standard InChI is InChI=1S/C15H8BrClN2O7/c16-14-11(18(22)23)5-9(6-12(14)19(24)25)15(21)26-7-13(20)8-1-3-10(17)4-2-8/h1-6H,7H2. The molecule has 0 saturated heterocycles. The smallest absolute Gasteiger partial charge is 0.339 e. The van der Waals surface area contributed by atoms with Crippen LogP contribution in [0.1, 0.15) is 20.7 Å². The SMILES string of the molecule is O=C(COC(=O)c1cc([N+](=O)[O-])c(Br)c([N+](=O)[O-])c1)c1ccc(Cl)cc1. The Morgan fingerprint density at radius 2 is 1.50 bits per heavy atom. The quantitative estimate of drug-likeness (QED) is 0.286. The van der Waals surface area contributed by atoms with E-state index in [0.717, 1.165) is 12.1 Å². The molecule has 0 bridgehead atoms. The number of benzene rings is 2. The van der Waals surface area contributed by atoms with Gasteiger partial charge in [-0.1, -0.05) is 11.6 Å². The van der Waals surface area contributed by atoms with Gasteiger partial charge in [0, 0.05) is 22.7 Å². The van der Waals surface area contributed by atoms with Crippen molar-refractivity contribution in [2.24, 2.45) is 0 Å². The highest BCUT2D eigenvalue weighted by Gasteiger charge is 2.27. The second kappa shape index (κ2) is 8.02. The van der Waals surface area contributed by atoms with Gasteiger partial charge in [-0.25, -0.2) is 4.79 Å². The Bertz CT molecular complexity index is 880. The molecule has 0 fully saturated rings. The second-order valence-corrected chi connectivity index (χ2v) is 6.08. The van der Waals surface area contributed by atoms with Gasteiger partial charge >= 0.3 is 5.97 Å². The molecule has 26 heavy (non-hydrogen) atoms. The van der Waals surface area contributed by atoms with Crippen LogP contribution in [0.3, 0.4) is 0 Å². The predicted molar refractivity (Wildman–Crippen MR) is 93.5 cm³/mol. The van der Waals surface area contributed by atoms with Crippen molar-refractivity contribution in [2.45, 2.75) is 0 Å². The van der Waals surface area contributed by atoms with Crippen LogP contribution in [-0.4, -0.2) is 28.2 Å². The summed E-state index contributed by atoms with van der Waals surface area (Å²) in [6.45, 7) is -0.641. The first-order valence-electron chi connectivity index (χ1n) is 6.79. The first kappa shape index (κ1) is 19.5. The summed E-state index contributed by atoms with van der Waals surface area (Å²) in [6, 6.07) is 7.50. The molecule has 2 rings (SSSR count). The zero-order valence-corrected chi connectivity index (χ0v) is 15.0. The van der Waals surface area contributed by atoms with Crippen molar-refractivity contribution in [3.8, 4) is 0 Å². The lowest BCUT2D eigenvalue weighted by atomic mass is 10.1. The Balaban J connectivity index is 2.21. The average Bonchev–Trinajstić information content (AvgIpc) is 2.59. The summed E-state index contributed by atoms with van der Waals surface area (Å²) in [5.74, 6) is -1.64. The van der Waals surface area contributed by atoms with Gasteiger partial charge < -0.3 is 4.74 Å². The maximum Gasteiger partial charge on any atom is 0.339 e. The van der Waals surface area contributed by atoms with Gasteiger partial charge in [0.05, 0.1) is 15.4 Å². The molecule has 2 aromatic rings. The van der Waals surface area contributed by atoms with Crippen LogP contribution in [0.15, 0.2) is 40.9 Å². The molecule has 0 N–H and O–H groups in total. The minimum absolute atomic E-state index is 0.245. The lowest BCUT2D eigenvalue weighted by molar-refractivity contribution is -0.395. The Hall–Kier alpha value is -2.85. The number of ketones is 1. The summed E-state index contributed by atoms with van der Waals surface area (Å²) in [5, 5.41) is 22.4. The molecule has 0 amide bonds. The van der Waals surface area contributed by atoms with Crippen LogP contribution in [0.4, 0.5) is 11.4 Å². The molecule has 134 valence electrons. The third-order valence-corrected chi connectivity index (χ3v) is 4.23. The Kier molecular flexibility index (Phi) is 6.01. The molecule has 0 atom stereocenters. The van der Waals surface area contributed by atoms with Gasteiger partial charge in [0.15, 0.2) is 16.9 Å². The Morgan fingerprint density at radius 3 is 1.96 bits per heavy atom. The number of nitrogens with zero attached hydrogens (tertiary/aromatic N) is 2. The maximum absolute atomic E-state index is 12.0. The first-order valence-corrected chi connectivity index (χ1v) is 7.96. The van der Waals surface area contributed by atoms with Gasteiger partial charge in [-0.05, 0) is 40.2 Å². The fraction of sp³-hybridized carbons (Fsp3) is 0.0667. The van der Waals surface area contributed by atoms with Crippen LogP contribution < -0.4 is 0 Å². The van der Waals surface area contributed by atoms with Crippen LogP contribution in [0, 0.1) is 20.2 Å². The van der Waals surface area contributed by atoms with Crippen LogP contribution in [0.5, 0.6) is 0 Å². The van der Waals surface area contributed by atoms with Crippen molar-refractivity contribution in [1.29, 1.82) is 0 Å². The molecule has 0 radical (unpaired) electrons. The number of nitro benzene ring substituents is 2. The van der Waals surface area contributed by atoms with Crippen molar-refractivity contribution in [3.05, 3.63) is 77.2 Å². The molecular weight excluding hydrogens is 436 g/mol. The lowest BCUT2D eigenvalue weighted by Gasteiger charge is -2.06. The molecule has 0 aromatic heterocycles. The van der Waals surface area contributed by atoms with E-state index < -0.39 is 45.1 Å². The number of esters is 1. The van der Waals surface area contributed by atoms with Crippen LogP contribution in [0.2, 0.25) is 5.02 Å². The largest absolute Gasteiger partial charge is 0.454 e. The molecule has 0 aliphatic carbocycles. The van der Waals surface area contributed by atoms with Crippen molar-refractivity contribution >= 4 is 50.7 Å². The van der Waals surface area contributed by atoms with Crippen molar-refractivity contribution in [1.82, 2.24) is 0 Å². The summed E-state index contributed by atoms with van der Waals surface area (Å²) in [6.07, 6.45) is 0. The third kappa shape index (κ3) is 4.41. The Labute approximate surface area is 158 Å². The molecule has 0 saturated carbocycles. The van der Waals surface area contributed by atoms with E-state index >= 15 is 0 Å². The van der Waals surface area contributed by atoms with Gasteiger partial charge in [-0.2, -0.15) is 0 Å². The van der Waals surface area contributed by atoms with E-state index in [1.807, 2.05) is 0 Å². The zero-order valence-electron chi connectivity index (χ0n) is 12.7. The van der Waals surface area contributed by atoms with Crippen LogP contribution in [0.25, 0.3) is 0 Å². The minimum Gasteiger partial charge on any atom is -0.454 e. The summed E-state index contributed by atoms with van der Waals surface area (Å²) in [5.41, 5.74) is -1.52. The fourth-order valence-electron chi connectivity index (χ4n) is 1.91. The van der Waals surface area contributed by atoms with Crippen molar-refractivity contribution in [3.63, 3.8) is 0 Å². The average molecular weight is 444 g/mol. The van der Waals surface area contributed by atoms with E-state index in [0.29, 0.717) is 5.02 Å². The van der Waals surface area contributed by atoms with Gasteiger partial charge in [-0.15, -0.1) is 0 Å². The number of ether oxygens (including phenoxy) is 1. The maximum atomic E-state index is 12.0. The highest BCUT2D eigenvalue weighted by atomic mass is 79.9.